The van der Waals surface area contributed by atoms with E-state index >= 15 is 0 Å². The molecule has 0 radical (unpaired) electrons. The van der Waals surface area contributed by atoms with Crippen LogP contribution in [0.2, 0.25) is 0 Å². The minimum atomic E-state index is -2.25. The Bertz CT molecular complexity index is 1180. The van der Waals surface area contributed by atoms with Gasteiger partial charge in [-0.05, 0) is 45.0 Å². The molecule has 0 aliphatic carbocycles. The van der Waals surface area contributed by atoms with Crippen molar-refractivity contribution in [3.8, 4) is 28.6 Å². The van der Waals surface area contributed by atoms with Gasteiger partial charge in [0.25, 0.3) is 0 Å². The van der Waals surface area contributed by atoms with Gasteiger partial charge in [-0.15, -0.1) is 0 Å². The van der Waals surface area contributed by atoms with Gasteiger partial charge in [0.1, 0.15) is 34.0 Å². The Labute approximate surface area is 171 Å². The summed E-state index contributed by atoms with van der Waals surface area (Å²) in [5.74, 6) is -2.43. The molecule has 0 saturated heterocycles. The number of fused-ring (bicyclic) bond motifs is 3. The number of aliphatic hydroxyl groups excluding tert-OH is 1. The predicted molar refractivity (Wildman–Crippen MR) is 107 cm³/mol. The molecule has 1 aliphatic heterocycles. The Morgan fingerprint density at radius 2 is 1.80 bits per heavy atom. The monoisotopic (exact) mass is 414 g/mol. The molecule has 0 saturated carbocycles. The molecule has 2 aromatic carbocycles. The van der Waals surface area contributed by atoms with Crippen LogP contribution < -0.4 is 10.2 Å². The number of ether oxygens (including phenoxy) is 2. The van der Waals surface area contributed by atoms with Crippen molar-refractivity contribution < 1.29 is 34.3 Å². The maximum absolute atomic E-state index is 12.8. The molecule has 0 bridgehead atoms. The molecule has 1 aliphatic rings. The Morgan fingerprint density at radius 3 is 2.43 bits per heavy atom. The van der Waals surface area contributed by atoms with Crippen LogP contribution in [0.15, 0.2) is 45.6 Å². The summed E-state index contributed by atoms with van der Waals surface area (Å²) in [4.78, 5) is 12.8. The van der Waals surface area contributed by atoms with E-state index in [0.29, 0.717) is 5.56 Å². The predicted octanol–water partition coefficient (Wildman–Crippen LogP) is 2.58. The first-order chi connectivity index (χ1) is 14.1. The number of rotatable bonds is 3. The smallest absolute Gasteiger partial charge is 0.230 e. The van der Waals surface area contributed by atoms with Crippen molar-refractivity contribution in [1.29, 1.82) is 0 Å². The Morgan fingerprint density at radius 1 is 1.13 bits per heavy atom. The van der Waals surface area contributed by atoms with Crippen LogP contribution in [0.4, 0.5) is 0 Å². The molecule has 0 spiro atoms. The summed E-state index contributed by atoms with van der Waals surface area (Å²) in [6.07, 6.45) is -1.52. The topological polar surface area (TPSA) is 130 Å². The Kier molecular flexibility index (Phi) is 4.54. The molecule has 3 aromatic rings. The van der Waals surface area contributed by atoms with Crippen LogP contribution in [0.1, 0.15) is 26.3 Å². The summed E-state index contributed by atoms with van der Waals surface area (Å²) in [6.45, 7) is 4.82. The van der Waals surface area contributed by atoms with E-state index in [9.17, 15) is 25.2 Å². The van der Waals surface area contributed by atoms with Gasteiger partial charge in [-0.3, -0.25) is 4.79 Å². The van der Waals surface area contributed by atoms with Crippen molar-refractivity contribution in [3.63, 3.8) is 0 Å². The van der Waals surface area contributed by atoms with Gasteiger partial charge in [-0.2, -0.15) is 0 Å². The molecule has 8 nitrogen and oxygen atoms in total. The van der Waals surface area contributed by atoms with E-state index in [-0.39, 0.29) is 46.1 Å². The average Bonchev–Trinajstić information content (AvgIpc) is 2.66. The molecule has 0 amide bonds. The highest BCUT2D eigenvalue weighted by Gasteiger charge is 2.55. The molecule has 8 heteroatoms. The summed E-state index contributed by atoms with van der Waals surface area (Å²) < 4.78 is 17.3. The lowest BCUT2D eigenvalue weighted by molar-refractivity contribution is -0.302. The van der Waals surface area contributed by atoms with Gasteiger partial charge in [0.2, 0.25) is 5.79 Å². The summed E-state index contributed by atoms with van der Waals surface area (Å²) in [5, 5.41) is 42.0. The molecule has 1 aromatic heterocycles. The van der Waals surface area contributed by atoms with Crippen LogP contribution >= 0.6 is 0 Å². The maximum Gasteiger partial charge on any atom is 0.230 e. The van der Waals surface area contributed by atoms with Crippen molar-refractivity contribution in [2.24, 2.45) is 0 Å². The molecule has 2 atom stereocenters. The van der Waals surface area contributed by atoms with E-state index in [1.54, 1.807) is 32.9 Å². The van der Waals surface area contributed by atoms with Crippen molar-refractivity contribution >= 4 is 11.0 Å². The number of benzene rings is 2. The Balaban J connectivity index is 2.09. The summed E-state index contributed by atoms with van der Waals surface area (Å²) in [6, 6.07) is 8.37. The van der Waals surface area contributed by atoms with Gasteiger partial charge < -0.3 is 34.3 Å². The van der Waals surface area contributed by atoms with E-state index < -0.39 is 22.9 Å². The fraction of sp³-hybridized carbons (Fsp3) is 0.318. The zero-order valence-electron chi connectivity index (χ0n) is 16.7. The number of phenolic OH excluding ortho intramolecular Hbond substituents is 2. The number of phenols is 2. The highest BCUT2D eigenvalue weighted by Crippen LogP contribution is 2.49. The minimum Gasteiger partial charge on any atom is -0.508 e. The molecule has 2 heterocycles. The fourth-order valence-corrected chi connectivity index (χ4v) is 3.80. The van der Waals surface area contributed by atoms with E-state index in [1.165, 1.54) is 24.3 Å². The second-order valence-electron chi connectivity index (χ2n) is 7.73. The highest BCUT2D eigenvalue weighted by molar-refractivity contribution is 5.90. The number of hydrogen-bond donors (Lipinski definition) is 4. The van der Waals surface area contributed by atoms with Gasteiger partial charge in [-0.1, -0.05) is 0 Å². The van der Waals surface area contributed by atoms with Crippen molar-refractivity contribution in [2.45, 2.75) is 38.3 Å². The molecule has 0 unspecified atom stereocenters. The van der Waals surface area contributed by atoms with Crippen molar-refractivity contribution in [2.75, 3.05) is 6.61 Å². The van der Waals surface area contributed by atoms with E-state index in [1.807, 2.05) is 0 Å². The first kappa shape index (κ1) is 20.2. The standard InChI is InChI=1S/C22H22O8/c1-4-28-22(27)18-16(30-21(2,3)20(22)26)10-14(25)17-13(24)9-15(29-19(17)18)11-5-7-12(23)8-6-11/h5-10,20,23,25-27H,4H2,1-3H3/t20-,22-/m1/s1. The first-order valence-corrected chi connectivity index (χ1v) is 9.45. The lowest BCUT2D eigenvalue weighted by Crippen LogP contribution is -2.59. The number of aliphatic hydroxyl groups is 2. The van der Waals surface area contributed by atoms with E-state index in [2.05, 4.69) is 0 Å². The second kappa shape index (κ2) is 6.73. The van der Waals surface area contributed by atoms with Crippen molar-refractivity contribution in [1.82, 2.24) is 0 Å². The van der Waals surface area contributed by atoms with E-state index in [4.69, 9.17) is 13.9 Å². The van der Waals surface area contributed by atoms with Crippen LogP contribution in [0.3, 0.4) is 0 Å². The van der Waals surface area contributed by atoms with Crippen LogP contribution in [0.5, 0.6) is 17.2 Å². The molecular formula is C22H22O8. The zero-order valence-corrected chi connectivity index (χ0v) is 16.7. The molecular weight excluding hydrogens is 392 g/mol. The largest absolute Gasteiger partial charge is 0.508 e. The third kappa shape index (κ3) is 2.92. The van der Waals surface area contributed by atoms with Gasteiger partial charge in [0, 0.05) is 24.3 Å². The van der Waals surface area contributed by atoms with Gasteiger partial charge >= 0.3 is 0 Å². The van der Waals surface area contributed by atoms with Crippen LogP contribution in [0, 0.1) is 0 Å². The van der Waals surface area contributed by atoms with Crippen molar-refractivity contribution in [3.05, 3.63) is 52.2 Å². The number of hydrogen-bond acceptors (Lipinski definition) is 8. The van der Waals surface area contributed by atoms with Crippen LogP contribution in [-0.2, 0) is 10.5 Å². The van der Waals surface area contributed by atoms with Gasteiger partial charge in [0.05, 0.1) is 5.56 Å². The zero-order chi connectivity index (χ0) is 21.8. The average molecular weight is 414 g/mol. The molecule has 158 valence electrons. The SMILES string of the molecule is CCO[C@]1(O)c2c(cc(O)c3c(=O)cc(-c4ccc(O)cc4)oc23)OC(C)(C)[C@H]1O. The lowest BCUT2D eigenvalue weighted by Gasteiger charge is -2.46. The highest BCUT2D eigenvalue weighted by atomic mass is 16.6. The fourth-order valence-electron chi connectivity index (χ4n) is 3.80. The first-order valence-electron chi connectivity index (χ1n) is 9.45. The number of aromatic hydroxyl groups is 2. The van der Waals surface area contributed by atoms with E-state index in [0.717, 1.165) is 0 Å². The molecule has 0 fully saturated rings. The Hall–Kier alpha value is -3.07. The second-order valence-corrected chi connectivity index (χ2v) is 7.73. The third-order valence-corrected chi connectivity index (χ3v) is 5.22. The molecule has 4 N–H and O–H groups in total. The molecule has 4 rings (SSSR count). The maximum atomic E-state index is 12.8. The van der Waals surface area contributed by atoms with Crippen LogP contribution in [-0.4, -0.2) is 38.7 Å². The van der Waals surface area contributed by atoms with Crippen LogP contribution in [0.25, 0.3) is 22.3 Å². The molecule has 30 heavy (non-hydrogen) atoms. The lowest BCUT2D eigenvalue weighted by atomic mass is 9.84. The van der Waals surface area contributed by atoms with Gasteiger partial charge in [0.15, 0.2) is 17.1 Å². The summed E-state index contributed by atoms with van der Waals surface area (Å²) >= 11 is 0. The quantitative estimate of drug-likeness (QED) is 0.481. The normalized spacial score (nSPS) is 22.5. The minimum absolute atomic E-state index is 0.0252. The summed E-state index contributed by atoms with van der Waals surface area (Å²) in [5.41, 5.74) is -1.57. The summed E-state index contributed by atoms with van der Waals surface area (Å²) in [7, 11) is 0. The third-order valence-electron chi connectivity index (χ3n) is 5.22. The van der Waals surface area contributed by atoms with Gasteiger partial charge in [-0.25, -0.2) is 0 Å².